The largest absolute Gasteiger partial charge is 0.449 e. The van der Waals surface area contributed by atoms with Crippen molar-refractivity contribution in [3.05, 3.63) is 29.8 Å². The van der Waals surface area contributed by atoms with Gasteiger partial charge in [-0.2, -0.15) is 0 Å². The van der Waals surface area contributed by atoms with Gasteiger partial charge in [0.15, 0.2) is 6.10 Å². The molecule has 0 bridgehead atoms. The van der Waals surface area contributed by atoms with E-state index in [-0.39, 0.29) is 36.1 Å². The first kappa shape index (κ1) is 16.7. The van der Waals surface area contributed by atoms with Crippen molar-refractivity contribution in [2.24, 2.45) is 0 Å². The molecule has 122 valence electrons. The lowest BCUT2D eigenvalue weighted by molar-refractivity contribution is -0.137. The second-order valence-corrected chi connectivity index (χ2v) is 5.45. The summed E-state index contributed by atoms with van der Waals surface area (Å²) >= 11 is 0. The van der Waals surface area contributed by atoms with Crippen LogP contribution in [-0.4, -0.2) is 48.8 Å². The van der Waals surface area contributed by atoms with Gasteiger partial charge in [-0.05, 0) is 31.2 Å². The maximum Gasteiger partial charge on any atom is 0.338 e. The topological polar surface area (TPSA) is 84.0 Å². The first-order valence-corrected chi connectivity index (χ1v) is 7.19. The average Bonchev–Trinajstić information content (AvgIpc) is 2.85. The van der Waals surface area contributed by atoms with Crippen LogP contribution in [0.15, 0.2) is 24.3 Å². The SMILES string of the molecule is C[C@@H](OC(=O)c1ccc(N2C(=O)CCC2=O)cc1)C(=O)N(C)C. The van der Waals surface area contributed by atoms with Gasteiger partial charge in [0, 0.05) is 26.9 Å². The molecule has 3 amide bonds. The molecule has 7 heteroatoms. The number of benzene rings is 1. The van der Waals surface area contributed by atoms with Gasteiger partial charge in [-0.3, -0.25) is 19.3 Å². The van der Waals surface area contributed by atoms with Crippen LogP contribution in [0.4, 0.5) is 5.69 Å². The number of ether oxygens (including phenoxy) is 1. The van der Waals surface area contributed by atoms with Crippen LogP contribution in [0.1, 0.15) is 30.1 Å². The predicted octanol–water partition coefficient (Wildman–Crippen LogP) is 0.974. The standard InChI is InChI=1S/C16H18N2O5/c1-10(15(21)17(2)3)23-16(22)11-4-6-12(7-5-11)18-13(19)8-9-14(18)20/h4-7,10H,8-9H2,1-3H3/t10-/m1/s1. The van der Waals surface area contributed by atoms with Crippen LogP contribution in [0.25, 0.3) is 0 Å². The number of likely N-dealkylation sites (N-methyl/N-ethyl adjacent to an activating group) is 1. The number of carbonyl (C=O) groups excluding carboxylic acids is 4. The molecule has 0 spiro atoms. The first-order chi connectivity index (χ1) is 10.8. The molecule has 0 aromatic heterocycles. The van der Waals surface area contributed by atoms with Crippen molar-refractivity contribution in [2.75, 3.05) is 19.0 Å². The minimum absolute atomic E-state index is 0.201. The minimum Gasteiger partial charge on any atom is -0.449 e. The van der Waals surface area contributed by atoms with E-state index >= 15 is 0 Å². The molecule has 0 saturated carbocycles. The number of esters is 1. The molecule has 1 aromatic rings. The number of imide groups is 1. The summed E-state index contributed by atoms with van der Waals surface area (Å²) < 4.78 is 5.09. The Morgan fingerprint density at radius 2 is 1.61 bits per heavy atom. The van der Waals surface area contributed by atoms with Gasteiger partial charge in [-0.15, -0.1) is 0 Å². The van der Waals surface area contributed by atoms with Crippen molar-refractivity contribution in [1.82, 2.24) is 4.90 Å². The van der Waals surface area contributed by atoms with Crippen molar-refractivity contribution in [1.29, 1.82) is 0 Å². The highest BCUT2D eigenvalue weighted by molar-refractivity contribution is 6.19. The zero-order chi connectivity index (χ0) is 17.1. The Balaban J connectivity index is 2.07. The molecule has 1 saturated heterocycles. The molecule has 0 aliphatic carbocycles. The molecule has 1 aromatic carbocycles. The molecule has 23 heavy (non-hydrogen) atoms. The maximum absolute atomic E-state index is 12.0. The molecule has 1 heterocycles. The highest BCUT2D eigenvalue weighted by Crippen LogP contribution is 2.23. The van der Waals surface area contributed by atoms with E-state index in [2.05, 4.69) is 0 Å². The van der Waals surface area contributed by atoms with Gasteiger partial charge in [0.2, 0.25) is 11.8 Å². The summed E-state index contributed by atoms with van der Waals surface area (Å²) in [7, 11) is 3.15. The number of anilines is 1. The number of hydrogen-bond acceptors (Lipinski definition) is 5. The number of rotatable bonds is 4. The van der Waals surface area contributed by atoms with Crippen LogP contribution in [0.2, 0.25) is 0 Å². The average molecular weight is 318 g/mol. The van der Waals surface area contributed by atoms with Crippen LogP contribution in [0.5, 0.6) is 0 Å². The fourth-order valence-corrected chi connectivity index (χ4v) is 2.25. The van der Waals surface area contributed by atoms with E-state index in [0.717, 1.165) is 4.90 Å². The van der Waals surface area contributed by atoms with Gasteiger partial charge in [-0.1, -0.05) is 0 Å². The zero-order valence-electron chi connectivity index (χ0n) is 13.2. The van der Waals surface area contributed by atoms with Crippen LogP contribution in [0, 0.1) is 0 Å². The quantitative estimate of drug-likeness (QED) is 0.610. The van der Waals surface area contributed by atoms with Crippen molar-refractivity contribution in [3.8, 4) is 0 Å². The summed E-state index contributed by atoms with van der Waals surface area (Å²) in [4.78, 5) is 49.4. The Bertz CT molecular complexity index is 635. The molecule has 1 atom stereocenters. The fourth-order valence-electron chi connectivity index (χ4n) is 2.25. The van der Waals surface area contributed by atoms with Gasteiger partial charge in [-0.25, -0.2) is 4.79 Å². The van der Waals surface area contributed by atoms with Gasteiger partial charge < -0.3 is 9.64 Å². The summed E-state index contributed by atoms with van der Waals surface area (Å²) in [6.07, 6.45) is -0.488. The highest BCUT2D eigenvalue weighted by atomic mass is 16.5. The van der Waals surface area contributed by atoms with Crippen LogP contribution in [0.3, 0.4) is 0 Å². The molecule has 0 unspecified atom stereocenters. The van der Waals surface area contributed by atoms with Crippen LogP contribution >= 0.6 is 0 Å². The molecule has 2 rings (SSSR count). The Kier molecular flexibility index (Phi) is 4.78. The number of hydrogen-bond donors (Lipinski definition) is 0. The number of amides is 3. The van der Waals surface area contributed by atoms with Crippen molar-refractivity contribution in [3.63, 3.8) is 0 Å². The first-order valence-electron chi connectivity index (χ1n) is 7.19. The third-order valence-electron chi connectivity index (χ3n) is 3.49. The summed E-state index contributed by atoms with van der Waals surface area (Å²) in [6.45, 7) is 1.50. The van der Waals surface area contributed by atoms with E-state index in [9.17, 15) is 19.2 Å². The lowest BCUT2D eigenvalue weighted by Gasteiger charge is -2.17. The Labute approximate surface area is 133 Å². The Morgan fingerprint density at radius 3 is 2.09 bits per heavy atom. The van der Waals surface area contributed by atoms with E-state index in [1.54, 1.807) is 14.1 Å². The van der Waals surface area contributed by atoms with E-state index in [0.29, 0.717) is 5.69 Å². The van der Waals surface area contributed by atoms with E-state index < -0.39 is 12.1 Å². The number of carbonyl (C=O) groups is 4. The minimum atomic E-state index is -0.890. The molecule has 0 N–H and O–H groups in total. The monoisotopic (exact) mass is 318 g/mol. The predicted molar refractivity (Wildman–Crippen MR) is 81.7 cm³/mol. The highest BCUT2D eigenvalue weighted by Gasteiger charge is 2.30. The third-order valence-corrected chi connectivity index (χ3v) is 3.49. The zero-order valence-corrected chi connectivity index (χ0v) is 13.2. The van der Waals surface area contributed by atoms with Gasteiger partial charge >= 0.3 is 5.97 Å². The molecule has 1 aliphatic heterocycles. The maximum atomic E-state index is 12.0. The van der Waals surface area contributed by atoms with Crippen molar-refractivity contribution < 1.29 is 23.9 Å². The summed E-state index contributed by atoms with van der Waals surface area (Å²) in [6, 6.07) is 5.94. The van der Waals surface area contributed by atoms with E-state index in [4.69, 9.17) is 4.74 Å². The van der Waals surface area contributed by atoms with Gasteiger partial charge in [0.25, 0.3) is 5.91 Å². The fraction of sp³-hybridized carbons (Fsp3) is 0.375. The van der Waals surface area contributed by atoms with Crippen LogP contribution in [-0.2, 0) is 19.1 Å². The summed E-state index contributed by atoms with van der Waals surface area (Å²) in [5, 5.41) is 0. The van der Waals surface area contributed by atoms with E-state index in [1.165, 1.54) is 36.1 Å². The molecule has 1 fully saturated rings. The molecule has 1 aliphatic rings. The second-order valence-electron chi connectivity index (χ2n) is 5.45. The molecular formula is C16H18N2O5. The molecule has 0 radical (unpaired) electrons. The lowest BCUT2D eigenvalue weighted by Crippen LogP contribution is -2.34. The molecular weight excluding hydrogens is 300 g/mol. The Hall–Kier alpha value is -2.70. The van der Waals surface area contributed by atoms with Crippen molar-refractivity contribution >= 4 is 29.4 Å². The Morgan fingerprint density at radius 1 is 1.09 bits per heavy atom. The third kappa shape index (κ3) is 3.56. The van der Waals surface area contributed by atoms with Gasteiger partial charge in [0.1, 0.15) is 0 Å². The number of nitrogens with zero attached hydrogens (tertiary/aromatic N) is 2. The van der Waals surface area contributed by atoms with Crippen molar-refractivity contribution in [2.45, 2.75) is 25.9 Å². The summed E-state index contributed by atoms with van der Waals surface area (Å²) in [5.74, 6) is -1.47. The normalized spacial score (nSPS) is 15.5. The second kappa shape index (κ2) is 6.60. The van der Waals surface area contributed by atoms with Gasteiger partial charge in [0.05, 0.1) is 11.3 Å². The smallest absolute Gasteiger partial charge is 0.338 e. The molecule has 7 nitrogen and oxygen atoms in total. The van der Waals surface area contributed by atoms with E-state index in [1.807, 2.05) is 0 Å². The summed E-state index contributed by atoms with van der Waals surface area (Å²) in [5.41, 5.74) is 0.665. The lowest BCUT2D eigenvalue weighted by atomic mass is 10.2. The van der Waals surface area contributed by atoms with Crippen LogP contribution < -0.4 is 4.90 Å².